The van der Waals surface area contributed by atoms with E-state index in [9.17, 15) is 4.79 Å². The molecule has 3 rings (SSSR count). The van der Waals surface area contributed by atoms with Gasteiger partial charge in [0.25, 0.3) is 5.91 Å². The summed E-state index contributed by atoms with van der Waals surface area (Å²) in [6.07, 6.45) is 3.99. The Bertz CT molecular complexity index is 757. The van der Waals surface area contributed by atoms with E-state index in [0.29, 0.717) is 28.8 Å². The number of nitrogens with zero attached hydrogens (tertiary/aromatic N) is 4. The van der Waals surface area contributed by atoms with E-state index in [-0.39, 0.29) is 5.91 Å². The third-order valence-electron chi connectivity index (χ3n) is 4.17. The second kappa shape index (κ2) is 7.38. The molecule has 1 aliphatic heterocycles. The van der Waals surface area contributed by atoms with Crippen LogP contribution in [0.4, 0.5) is 17.5 Å². The van der Waals surface area contributed by atoms with Crippen molar-refractivity contribution in [2.45, 2.75) is 12.8 Å². The highest BCUT2D eigenvalue weighted by Gasteiger charge is 2.19. The van der Waals surface area contributed by atoms with Crippen molar-refractivity contribution in [3.8, 4) is 5.75 Å². The van der Waals surface area contributed by atoms with Gasteiger partial charge < -0.3 is 19.9 Å². The first kappa shape index (κ1) is 17.0. The molecule has 2 heterocycles. The number of benzene rings is 1. The Labute approximate surface area is 147 Å². The Morgan fingerprint density at radius 3 is 2.64 bits per heavy atom. The Morgan fingerprint density at radius 1 is 1.24 bits per heavy atom. The molecule has 2 aromatic rings. The summed E-state index contributed by atoms with van der Waals surface area (Å²) in [5.74, 6) is 1.66. The van der Waals surface area contributed by atoms with Crippen LogP contribution in [0.15, 0.2) is 30.5 Å². The van der Waals surface area contributed by atoms with E-state index in [0.717, 1.165) is 25.9 Å². The first-order valence-corrected chi connectivity index (χ1v) is 8.34. The number of para-hydroxylation sites is 1. The molecule has 7 nitrogen and oxygen atoms in total. The summed E-state index contributed by atoms with van der Waals surface area (Å²) in [5.41, 5.74) is 1.04. The molecule has 1 amide bonds. The number of nitrogens with one attached hydrogen (secondary N) is 1. The van der Waals surface area contributed by atoms with E-state index < -0.39 is 0 Å². The van der Waals surface area contributed by atoms with E-state index >= 15 is 0 Å². The van der Waals surface area contributed by atoms with Crippen molar-refractivity contribution < 1.29 is 9.53 Å². The van der Waals surface area contributed by atoms with Gasteiger partial charge in [0.15, 0.2) is 5.82 Å². The van der Waals surface area contributed by atoms with Crippen molar-refractivity contribution in [2.75, 3.05) is 49.4 Å². The Morgan fingerprint density at radius 2 is 1.96 bits per heavy atom. The molecule has 0 aliphatic carbocycles. The minimum Gasteiger partial charge on any atom is -0.496 e. The van der Waals surface area contributed by atoms with Gasteiger partial charge >= 0.3 is 0 Å². The van der Waals surface area contributed by atoms with Crippen LogP contribution in [0.1, 0.15) is 23.2 Å². The lowest BCUT2D eigenvalue weighted by atomic mass is 10.2. The van der Waals surface area contributed by atoms with Crippen LogP contribution in [0, 0.1) is 0 Å². The molecule has 1 aromatic heterocycles. The molecule has 0 spiro atoms. The van der Waals surface area contributed by atoms with Gasteiger partial charge in [0.2, 0.25) is 5.95 Å². The standard InChI is InChI=1S/C18H23N5O2/c1-22(2)16-14(12-19-18(21-16)23-10-6-7-11-23)20-17(24)13-8-4-5-9-15(13)25-3/h4-5,8-9,12H,6-7,10-11H2,1-3H3,(H,20,24). The van der Waals surface area contributed by atoms with Crippen LogP contribution >= 0.6 is 0 Å². The molecule has 0 radical (unpaired) electrons. The van der Waals surface area contributed by atoms with Crippen LogP contribution in [-0.2, 0) is 0 Å². The molecule has 1 aromatic carbocycles. The fourth-order valence-corrected chi connectivity index (χ4v) is 2.88. The monoisotopic (exact) mass is 341 g/mol. The fraction of sp³-hybridized carbons (Fsp3) is 0.389. The number of anilines is 3. The van der Waals surface area contributed by atoms with Crippen LogP contribution in [0.2, 0.25) is 0 Å². The summed E-state index contributed by atoms with van der Waals surface area (Å²) < 4.78 is 5.26. The van der Waals surface area contributed by atoms with Crippen LogP contribution in [0.3, 0.4) is 0 Å². The van der Waals surface area contributed by atoms with Crippen molar-refractivity contribution in [3.63, 3.8) is 0 Å². The zero-order valence-electron chi connectivity index (χ0n) is 14.8. The normalized spacial score (nSPS) is 13.6. The van der Waals surface area contributed by atoms with Gasteiger partial charge in [-0.05, 0) is 25.0 Å². The lowest BCUT2D eigenvalue weighted by Gasteiger charge is -2.21. The molecule has 0 unspecified atom stereocenters. The first-order chi connectivity index (χ1) is 12.1. The predicted molar refractivity (Wildman–Crippen MR) is 98.8 cm³/mol. The molecule has 0 saturated carbocycles. The topological polar surface area (TPSA) is 70.6 Å². The van der Waals surface area contributed by atoms with Crippen molar-refractivity contribution in [1.82, 2.24) is 9.97 Å². The summed E-state index contributed by atoms with van der Waals surface area (Å²) in [7, 11) is 5.34. The van der Waals surface area contributed by atoms with E-state index in [1.54, 1.807) is 31.5 Å². The van der Waals surface area contributed by atoms with Crippen molar-refractivity contribution in [2.24, 2.45) is 0 Å². The number of methoxy groups -OCH3 is 1. The molecule has 132 valence electrons. The van der Waals surface area contributed by atoms with Crippen LogP contribution in [0.25, 0.3) is 0 Å². The SMILES string of the molecule is COc1ccccc1C(=O)Nc1cnc(N2CCCC2)nc1N(C)C. The van der Waals surface area contributed by atoms with Crippen molar-refractivity contribution in [3.05, 3.63) is 36.0 Å². The third-order valence-corrected chi connectivity index (χ3v) is 4.17. The number of ether oxygens (including phenoxy) is 1. The minimum absolute atomic E-state index is 0.252. The third kappa shape index (κ3) is 3.65. The molecule has 7 heteroatoms. The molecular formula is C18H23N5O2. The maximum absolute atomic E-state index is 12.6. The van der Waals surface area contributed by atoms with Gasteiger partial charge in [0.1, 0.15) is 11.4 Å². The Kier molecular flexibility index (Phi) is 5.02. The highest BCUT2D eigenvalue weighted by molar-refractivity contribution is 6.07. The smallest absolute Gasteiger partial charge is 0.259 e. The molecule has 25 heavy (non-hydrogen) atoms. The van der Waals surface area contributed by atoms with Crippen LogP contribution in [0.5, 0.6) is 5.75 Å². The van der Waals surface area contributed by atoms with E-state index in [1.165, 1.54) is 0 Å². The second-order valence-electron chi connectivity index (χ2n) is 6.15. The number of rotatable bonds is 5. The fourth-order valence-electron chi connectivity index (χ4n) is 2.88. The molecule has 0 bridgehead atoms. The van der Waals surface area contributed by atoms with Gasteiger partial charge in [-0.1, -0.05) is 12.1 Å². The lowest BCUT2D eigenvalue weighted by molar-refractivity contribution is 0.102. The maximum Gasteiger partial charge on any atom is 0.259 e. The molecule has 1 N–H and O–H groups in total. The average Bonchev–Trinajstić information content (AvgIpc) is 3.16. The number of aromatic nitrogens is 2. The zero-order valence-corrected chi connectivity index (χ0v) is 14.8. The number of carbonyl (C=O) groups is 1. The second-order valence-corrected chi connectivity index (χ2v) is 6.15. The number of hydrogen-bond donors (Lipinski definition) is 1. The summed E-state index contributed by atoms with van der Waals surface area (Å²) in [6, 6.07) is 7.11. The summed E-state index contributed by atoms with van der Waals surface area (Å²) >= 11 is 0. The quantitative estimate of drug-likeness (QED) is 0.900. The van der Waals surface area contributed by atoms with Gasteiger partial charge in [-0.15, -0.1) is 0 Å². The minimum atomic E-state index is -0.252. The highest BCUT2D eigenvalue weighted by Crippen LogP contribution is 2.27. The lowest BCUT2D eigenvalue weighted by Crippen LogP contribution is -2.24. The highest BCUT2D eigenvalue weighted by atomic mass is 16.5. The van der Waals surface area contributed by atoms with Gasteiger partial charge in [-0.3, -0.25) is 4.79 Å². The van der Waals surface area contributed by atoms with E-state index in [2.05, 4.69) is 20.2 Å². The molecule has 1 aliphatic rings. The Hall–Kier alpha value is -2.83. The Balaban J connectivity index is 1.87. The number of carbonyl (C=O) groups excluding carboxylic acids is 1. The number of hydrogen-bond acceptors (Lipinski definition) is 6. The molecular weight excluding hydrogens is 318 g/mol. The molecule has 0 atom stereocenters. The van der Waals surface area contributed by atoms with Crippen molar-refractivity contribution in [1.29, 1.82) is 0 Å². The predicted octanol–water partition coefficient (Wildman–Crippen LogP) is 2.40. The summed E-state index contributed by atoms with van der Waals surface area (Å²) in [5, 5.41) is 2.90. The van der Waals surface area contributed by atoms with Gasteiger partial charge in [0, 0.05) is 27.2 Å². The molecule has 1 saturated heterocycles. The largest absolute Gasteiger partial charge is 0.496 e. The van der Waals surface area contributed by atoms with Gasteiger partial charge in [-0.25, -0.2) is 4.98 Å². The number of amides is 1. The van der Waals surface area contributed by atoms with Crippen molar-refractivity contribution >= 4 is 23.4 Å². The molecule has 1 fully saturated rings. The first-order valence-electron chi connectivity index (χ1n) is 8.34. The van der Waals surface area contributed by atoms with Gasteiger partial charge in [0.05, 0.1) is 18.9 Å². The van der Waals surface area contributed by atoms with E-state index in [1.807, 2.05) is 25.1 Å². The summed E-state index contributed by atoms with van der Waals surface area (Å²) in [4.78, 5) is 25.7. The van der Waals surface area contributed by atoms with Crippen LogP contribution in [-0.4, -0.2) is 50.2 Å². The zero-order chi connectivity index (χ0) is 17.8. The average molecular weight is 341 g/mol. The van der Waals surface area contributed by atoms with Gasteiger partial charge in [-0.2, -0.15) is 4.98 Å². The maximum atomic E-state index is 12.6. The van der Waals surface area contributed by atoms with Crippen LogP contribution < -0.4 is 19.9 Å². The van der Waals surface area contributed by atoms with E-state index in [4.69, 9.17) is 4.74 Å². The summed E-state index contributed by atoms with van der Waals surface area (Å²) in [6.45, 7) is 1.94.